The minimum absolute atomic E-state index is 0.0436. The molecule has 18 heavy (non-hydrogen) atoms. The summed E-state index contributed by atoms with van der Waals surface area (Å²) in [5.74, 6) is -1.98. The van der Waals surface area contributed by atoms with Gasteiger partial charge in [-0.3, -0.25) is 4.79 Å². The number of carbonyl (C=O) groups excluding carboxylic acids is 1. The number of hydrogen-bond acceptors (Lipinski definition) is 2. The lowest BCUT2D eigenvalue weighted by atomic mass is 10.1. The number of benzene rings is 1. The highest BCUT2D eigenvalue weighted by Gasteiger charge is 2.06. The highest BCUT2D eigenvalue weighted by Crippen LogP contribution is 2.26. The van der Waals surface area contributed by atoms with Gasteiger partial charge in [0.25, 0.3) is 5.76 Å². The van der Waals surface area contributed by atoms with Gasteiger partial charge in [-0.25, -0.2) is 0 Å². The van der Waals surface area contributed by atoms with E-state index in [4.69, 9.17) is 0 Å². The summed E-state index contributed by atoms with van der Waals surface area (Å²) in [6, 6.07) is 6.43. The van der Waals surface area contributed by atoms with Crippen LogP contribution in [-0.4, -0.2) is 11.7 Å². The van der Waals surface area contributed by atoms with Crippen molar-refractivity contribution in [3.8, 4) is 0 Å². The predicted molar refractivity (Wildman–Crippen MR) is 71.0 cm³/mol. The van der Waals surface area contributed by atoms with Crippen molar-refractivity contribution in [1.29, 1.82) is 0 Å². The van der Waals surface area contributed by atoms with E-state index in [0.29, 0.717) is 34.7 Å². The molecule has 0 aliphatic heterocycles. The Morgan fingerprint density at radius 2 is 1.89 bits per heavy atom. The molecule has 0 fully saturated rings. The van der Waals surface area contributed by atoms with Crippen molar-refractivity contribution in [1.82, 2.24) is 0 Å². The molecule has 0 aliphatic rings. The van der Waals surface area contributed by atoms with E-state index in [2.05, 4.69) is 19.2 Å². The van der Waals surface area contributed by atoms with Gasteiger partial charge < -0.3 is 5.32 Å². The van der Waals surface area contributed by atoms with E-state index in [1.54, 1.807) is 24.3 Å². The Labute approximate surface area is 110 Å². The van der Waals surface area contributed by atoms with E-state index in [0.717, 1.165) is 6.42 Å². The van der Waals surface area contributed by atoms with Crippen molar-refractivity contribution in [2.75, 3.05) is 5.32 Å². The summed E-state index contributed by atoms with van der Waals surface area (Å²) in [4.78, 5) is 12.0. The van der Waals surface area contributed by atoms with E-state index in [1.807, 2.05) is 0 Å². The number of halogens is 2. The number of amides is 1. The molecule has 0 heterocycles. The second-order valence-corrected chi connectivity index (χ2v) is 5.45. The zero-order valence-electron chi connectivity index (χ0n) is 10.5. The Hall–Kier alpha value is -1.10. The fraction of sp³-hybridized carbons (Fsp3) is 0.462. The molecule has 1 aromatic rings. The average Bonchev–Trinajstić information content (AvgIpc) is 2.28. The van der Waals surface area contributed by atoms with E-state index >= 15 is 0 Å². The Bertz CT molecular complexity index is 379. The molecule has 0 atom stereocenters. The molecule has 0 saturated carbocycles. The minimum atomic E-state index is -2.42. The Kier molecular flexibility index (Phi) is 6.12. The number of thioether (sulfide) groups is 1. The molecule has 0 saturated heterocycles. The largest absolute Gasteiger partial charge is 0.326 e. The summed E-state index contributed by atoms with van der Waals surface area (Å²) in [5.41, 5.74) is 0.641. The first-order valence-corrected chi connectivity index (χ1v) is 6.70. The number of alkyl halides is 2. The van der Waals surface area contributed by atoms with Gasteiger partial charge >= 0.3 is 0 Å². The summed E-state index contributed by atoms with van der Waals surface area (Å²) in [6.45, 7) is 4.12. The predicted octanol–water partition coefficient (Wildman–Crippen LogP) is 4.38. The number of anilines is 1. The molecular weight excluding hydrogens is 256 g/mol. The van der Waals surface area contributed by atoms with Crippen LogP contribution in [-0.2, 0) is 4.79 Å². The molecule has 1 rings (SSSR count). The molecule has 0 aliphatic carbocycles. The van der Waals surface area contributed by atoms with Gasteiger partial charge in [0.1, 0.15) is 0 Å². The van der Waals surface area contributed by atoms with Crippen LogP contribution >= 0.6 is 11.8 Å². The van der Waals surface area contributed by atoms with Crippen LogP contribution in [0.15, 0.2) is 29.2 Å². The lowest BCUT2D eigenvalue weighted by Crippen LogP contribution is -2.11. The molecule has 2 nitrogen and oxygen atoms in total. The van der Waals surface area contributed by atoms with Gasteiger partial charge in [0.05, 0.1) is 0 Å². The standard InChI is InChI=1S/C13H17F2NOS/c1-9(2)3-8-12(17)16-10-4-6-11(7-5-10)18-13(14)15/h4-7,9,13H,3,8H2,1-2H3,(H,16,17). The fourth-order valence-electron chi connectivity index (χ4n) is 1.36. The first-order chi connectivity index (χ1) is 8.47. The molecule has 0 unspecified atom stereocenters. The van der Waals surface area contributed by atoms with Crippen LogP contribution in [0.2, 0.25) is 0 Å². The van der Waals surface area contributed by atoms with Gasteiger partial charge in [-0.15, -0.1) is 0 Å². The van der Waals surface area contributed by atoms with Crippen molar-refractivity contribution in [3.63, 3.8) is 0 Å². The van der Waals surface area contributed by atoms with Crippen LogP contribution in [0.4, 0.5) is 14.5 Å². The topological polar surface area (TPSA) is 29.1 Å². The molecule has 1 aromatic carbocycles. The molecule has 0 radical (unpaired) electrons. The monoisotopic (exact) mass is 273 g/mol. The normalized spacial score (nSPS) is 11.0. The lowest BCUT2D eigenvalue weighted by Gasteiger charge is -2.07. The summed E-state index contributed by atoms with van der Waals surface area (Å²) in [6.07, 6.45) is 1.32. The number of nitrogens with one attached hydrogen (secondary N) is 1. The van der Waals surface area contributed by atoms with E-state index in [9.17, 15) is 13.6 Å². The maximum Gasteiger partial charge on any atom is 0.288 e. The molecular formula is C13H17F2NOS. The first kappa shape index (κ1) is 15.0. The van der Waals surface area contributed by atoms with Crippen LogP contribution in [0.3, 0.4) is 0 Å². The van der Waals surface area contributed by atoms with Gasteiger partial charge in [0, 0.05) is 17.0 Å². The molecule has 1 amide bonds. The second-order valence-electron chi connectivity index (χ2n) is 4.38. The number of rotatable bonds is 6. The highest BCUT2D eigenvalue weighted by molar-refractivity contribution is 7.99. The third kappa shape index (κ3) is 6.00. The smallest absolute Gasteiger partial charge is 0.288 e. The zero-order chi connectivity index (χ0) is 13.5. The minimum Gasteiger partial charge on any atom is -0.326 e. The highest BCUT2D eigenvalue weighted by atomic mass is 32.2. The van der Waals surface area contributed by atoms with Crippen LogP contribution in [0, 0.1) is 5.92 Å². The van der Waals surface area contributed by atoms with E-state index in [1.165, 1.54) is 0 Å². The summed E-state index contributed by atoms with van der Waals surface area (Å²) < 4.78 is 24.2. The summed E-state index contributed by atoms with van der Waals surface area (Å²) >= 11 is 0.494. The molecule has 0 spiro atoms. The molecule has 100 valence electrons. The summed E-state index contributed by atoms with van der Waals surface area (Å²) in [7, 11) is 0. The Morgan fingerprint density at radius 1 is 1.28 bits per heavy atom. The fourth-order valence-corrected chi connectivity index (χ4v) is 1.86. The third-order valence-corrected chi connectivity index (χ3v) is 3.03. The average molecular weight is 273 g/mol. The van der Waals surface area contributed by atoms with Gasteiger partial charge in [0.15, 0.2) is 0 Å². The van der Waals surface area contributed by atoms with Crippen molar-refractivity contribution in [2.45, 2.75) is 37.3 Å². The number of hydrogen-bond donors (Lipinski definition) is 1. The van der Waals surface area contributed by atoms with Crippen LogP contribution in [0.1, 0.15) is 26.7 Å². The third-order valence-electron chi connectivity index (χ3n) is 2.31. The Morgan fingerprint density at radius 3 is 2.39 bits per heavy atom. The summed E-state index contributed by atoms with van der Waals surface area (Å²) in [5, 5.41) is 2.74. The quantitative estimate of drug-likeness (QED) is 0.779. The van der Waals surface area contributed by atoms with Crippen LogP contribution < -0.4 is 5.32 Å². The Balaban J connectivity index is 2.45. The molecule has 1 N–H and O–H groups in total. The van der Waals surface area contributed by atoms with Crippen molar-refractivity contribution < 1.29 is 13.6 Å². The van der Waals surface area contributed by atoms with Crippen molar-refractivity contribution in [2.24, 2.45) is 5.92 Å². The van der Waals surface area contributed by atoms with Crippen molar-refractivity contribution >= 4 is 23.4 Å². The zero-order valence-corrected chi connectivity index (χ0v) is 11.3. The molecule has 0 bridgehead atoms. The number of carbonyl (C=O) groups is 1. The van der Waals surface area contributed by atoms with Crippen molar-refractivity contribution in [3.05, 3.63) is 24.3 Å². The van der Waals surface area contributed by atoms with Crippen LogP contribution in [0.5, 0.6) is 0 Å². The van der Waals surface area contributed by atoms with Gasteiger partial charge in [-0.1, -0.05) is 25.6 Å². The van der Waals surface area contributed by atoms with Crippen LogP contribution in [0.25, 0.3) is 0 Å². The van der Waals surface area contributed by atoms with Gasteiger partial charge in [0.2, 0.25) is 5.91 Å². The van der Waals surface area contributed by atoms with Gasteiger partial charge in [-0.05, 0) is 36.6 Å². The van der Waals surface area contributed by atoms with Gasteiger partial charge in [-0.2, -0.15) is 8.78 Å². The van der Waals surface area contributed by atoms with E-state index in [-0.39, 0.29) is 5.91 Å². The maximum atomic E-state index is 12.1. The second kappa shape index (κ2) is 7.36. The molecule has 0 aromatic heterocycles. The SMILES string of the molecule is CC(C)CCC(=O)Nc1ccc(SC(F)F)cc1. The lowest BCUT2D eigenvalue weighted by molar-refractivity contribution is -0.116. The first-order valence-electron chi connectivity index (χ1n) is 5.82. The van der Waals surface area contributed by atoms with E-state index < -0.39 is 5.76 Å². The molecule has 5 heteroatoms. The maximum absolute atomic E-state index is 12.1.